The van der Waals surface area contributed by atoms with Gasteiger partial charge in [0.2, 0.25) is 0 Å². The molecule has 1 aromatic carbocycles. The highest BCUT2D eigenvalue weighted by molar-refractivity contribution is 5.88. The third kappa shape index (κ3) is 2.29. The molecule has 1 aromatic heterocycles. The Morgan fingerprint density at radius 1 is 1.35 bits per heavy atom. The number of hydrogen-bond acceptors (Lipinski definition) is 2. The molecule has 3 nitrogen and oxygen atoms in total. The van der Waals surface area contributed by atoms with Crippen LogP contribution in [-0.4, -0.2) is 18.1 Å². The third-order valence-corrected chi connectivity index (χ3v) is 3.29. The number of methoxy groups -OCH3 is 1. The molecule has 92 valence electrons. The van der Waals surface area contributed by atoms with Crippen molar-refractivity contribution in [1.82, 2.24) is 4.98 Å². The number of H-pyrrole nitrogens is 1. The topological polar surface area (TPSA) is 51.0 Å². The van der Waals surface area contributed by atoms with Crippen molar-refractivity contribution in [1.29, 1.82) is 0 Å². The molecule has 0 bridgehead atoms. The Balaban J connectivity index is 2.36. The van der Waals surface area contributed by atoms with Crippen molar-refractivity contribution in [2.45, 2.75) is 26.3 Å². The van der Waals surface area contributed by atoms with Crippen LogP contribution < -0.4 is 10.5 Å². The van der Waals surface area contributed by atoms with Gasteiger partial charge in [-0.15, -0.1) is 0 Å². The first-order valence-corrected chi connectivity index (χ1v) is 6.02. The third-order valence-electron chi connectivity index (χ3n) is 3.29. The molecule has 0 aliphatic heterocycles. The van der Waals surface area contributed by atoms with Crippen LogP contribution in [0.4, 0.5) is 0 Å². The second-order valence-corrected chi connectivity index (χ2v) is 4.81. The number of benzene rings is 1. The lowest BCUT2D eigenvalue weighted by Crippen LogP contribution is -2.28. The Kier molecular flexibility index (Phi) is 3.38. The van der Waals surface area contributed by atoms with Gasteiger partial charge >= 0.3 is 0 Å². The van der Waals surface area contributed by atoms with E-state index in [1.54, 1.807) is 7.11 Å². The highest BCUT2D eigenvalue weighted by Gasteiger charge is 2.13. The number of hydrogen-bond donors (Lipinski definition) is 2. The van der Waals surface area contributed by atoms with Crippen LogP contribution in [0.15, 0.2) is 24.4 Å². The Morgan fingerprint density at radius 2 is 2.12 bits per heavy atom. The van der Waals surface area contributed by atoms with E-state index < -0.39 is 0 Å². The van der Waals surface area contributed by atoms with E-state index >= 15 is 0 Å². The number of ether oxygens (including phenoxy) is 1. The second-order valence-electron chi connectivity index (χ2n) is 4.81. The SMILES string of the molecule is COc1cccc2c(CC(N)C(C)C)c[nH]c12. The Labute approximate surface area is 102 Å². The van der Waals surface area contributed by atoms with Gasteiger partial charge in [0, 0.05) is 17.6 Å². The van der Waals surface area contributed by atoms with E-state index in [4.69, 9.17) is 10.5 Å². The molecule has 0 aliphatic carbocycles. The summed E-state index contributed by atoms with van der Waals surface area (Å²) in [5.41, 5.74) is 8.44. The zero-order valence-corrected chi connectivity index (χ0v) is 10.7. The fourth-order valence-corrected chi connectivity index (χ4v) is 2.01. The van der Waals surface area contributed by atoms with Crippen molar-refractivity contribution in [3.05, 3.63) is 30.0 Å². The molecule has 3 N–H and O–H groups in total. The first-order chi connectivity index (χ1) is 8.13. The number of nitrogens with one attached hydrogen (secondary N) is 1. The number of para-hydroxylation sites is 1. The highest BCUT2D eigenvalue weighted by Crippen LogP contribution is 2.27. The highest BCUT2D eigenvalue weighted by atomic mass is 16.5. The molecule has 0 radical (unpaired) electrons. The summed E-state index contributed by atoms with van der Waals surface area (Å²) in [6, 6.07) is 6.28. The summed E-state index contributed by atoms with van der Waals surface area (Å²) in [6.07, 6.45) is 2.93. The standard InChI is InChI=1S/C14H20N2O/c1-9(2)12(15)7-10-8-16-14-11(10)5-4-6-13(14)17-3/h4-6,8-9,12,16H,7,15H2,1-3H3. The molecule has 0 amide bonds. The minimum atomic E-state index is 0.195. The number of fused-ring (bicyclic) bond motifs is 1. The summed E-state index contributed by atoms with van der Waals surface area (Å²) in [5.74, 6) is 1.37. The van der Waals surface area contributed by atoms with Gasteiger partial charge in [-0.2, -0.15) is 0 Å². The van der Waals surface area contributed by atoms with Gasteiger partial charge < -0.3 is 15.5 Å². The first-order valence-electron chi connectivity index (χ1n) is 6.02. The number of nitrogens with two attached hydrogens (primary N) is 1. The largest absolute Gasteiger partial charge is 0.495 e. The van der Waals surface area contributed by atoms with Gasteiger partial charge in [0.05, 0.1) is 12.6 Å². The fraction of sp³-hybridized carbons (Fsp3) is 0.429. The summed E-state index contributed by atoms with van der Waals surface area (Å²) in [4.78, 5) is 3.27. The van der Waals surface area contributed by atoms with Crippen molar-refractivity contribution in [2.24, 2.45) is 11.7 Å². The van der Waals surface area contributed by atoms with Crippen LogP contribution in [0.5, 0.6) is 5.75 Å². The zero-order valence-electron chi connectivity index (χ0n) is 10.7. The van der Waals surface area contributed by atoms with Crippen molar-refractivity contribution >= 4 is 10.9 Å². The Bertz CT molecular complexity index is 502. The lowest BCUT2D eigenvalue weighted by atomic mass is 9.97. The molecule has 0 spiro atoms. The van der Waals surface area contributed by atoms with E-state index in [1.165, 1.54) is 10.9 Å². The van der Waals surface area contributed by atoms with E-state index in [1.807, 2.05) is 18.3 Å². The number of aromatic amines is 1. The van der Waals surface area contributed by atoms with Crippen LogP contribution in [0.1, 0.15) is 19.4 Å². The summed E-state index contributed by atoms with van der Waals surface area (Å²) in [5, 5.41) is 1.21. The maximum Gasteiger partial charge on any atom is 0.142 e. The average Bonchev–Trinajstić information content (AvgIpc) is 2.72. The molecule has 1 heterocycles. The van der Waals surface area contributed by atoms with Crippen molar-refractivity contribution < 1.29 is 4.74 Å². The summed E-state index contributed by atoms with van der Waals surface area (Å²) < 4.78 is 5.33. The molecule has 0 aliphatic rings. The molecule has 1 unspecified atom stereocenters. The lowest BCUT2D eigenvalue weighted by molar-refractivity contribution is 0.419. The molecule has 2 rings (SSSR count). The van der Waals surface area contributed by atoms with Crippen molar-refractivity contribution in [3.8, 4) is 5.75 Å². The monoisotopic (exact) mass is 232 g/mol. The molecular weight excluding hydrogens is 212 g/mol. The average molecular weight is 232 g/mol. The molecule has 0 fully saturated rings. The minimum Gasteiger partial charge on any atom is -0.495 e. The van der Waals surface area contributed by atoms with E-state index in [2.05, 4.69) is 24.9 Å². The van der Waals surface area contributed by atoms with Gasteiger partial charge in [-0.3, -0.25) is 0 Å². The Morgan fingerprint density at radius 3 is 2.76 bits per heavy atom. The predicted octanol–water partition coefficient (Wildman–Crippen LogP) is 2.70. The molecule has 2 aromatic rings. The van der Waals surface area contributed by atoms with Gasteiger partial charge in [0.1, 0.15) is 5.75 Å². The van der Waals surface area contributed by atoms with Crippen LogP contribution in [0, 0.1) is 5.92 Å². The van der Waals surface area contributed by atoms with Gasteiger partial charge in [0.25, 0.3) is 0 Å². The van der Waals surface area contributed by atoms with Crippen LogP contribution >= 0.6 is 0 Å². The van der Waals surface area contributed by atoms with E-state index in [0.29, 0.717) is 5.92 Å². The van der Waals surface area contributed by atoms with Crippen LogP contribution in [-0.2, 0) is 6.42 Å². The van der Waals surface area contributed by atoms with Crippen LogP contribution in [0.25, 0.3) is 10.9 Å². The zero-order chi connectivity index (χ0) is 12.4. The van der Waals surface area contributed by atoms with Crippen LogP contribution in [0.3, 0.4) is 0 Å². The van der Waals surface area contributed by atoms with Crippen molar-refractivity contribution in [3.63, 3.8) is 0 Å². The van der Waals surface area contributed by atoms with Gasteiger partial charge in [-0.05, 0) is 24.0 Å². The molecule has 17 heavy (non-hydrogen) atoms. The molecule has 0 saturated heterocycles. The number of rotatable bonds is 4. The normalized spacial score (nSPS) is 13.2. The number of aromatic nitrogens is 1. The van der Waals surface area contributed by atoms with Crippen molar-refractivity contribution in [2.75, 3.05) is 7.11 Å². The minimum absolute atomic E-state index is 0.195. The van der Waals surface area contributed by atoms with Gasteiger partial charge in [-0.25, -0.2) is 0 Å². The predicted molar refractivity (Wildman–Crippen MR) is 71.4 cm³/mol. The molecule has 3 heteroatoms. The Hall–Kier alpha value is -1.48. The summed E-state index contributed by atoms with van der Waals surface area (Å²) in [7, 11) is 1.69. The van der Waals surface area contributed by atoms with E-state index in [0.717, 1.165) is 17.7 Å². The summed E-state index contributed by atoms with van der Waals surface area (Å²) >= 11 is 0. The first kappa shape index (κ1) is 12.0. The molecular formula is C14H20N2O. The molecule has 0 saturated carbocycles. The van der Waals surface area contributed by atoms with Gasteiger partial charge in [0.15, 0.2) is 0 Å². The maximum absolute atomic E-state index is 6.12. The second kappa shape index (κ2) is 4.80. The lowest BCUT2D eigenvalue weighted by Gasteiger charge is -2.14. The van der Waals surface area contributed by atoms with E-state index in [9.17, 15) is 0 Å². The smallest absolute Gasteiger partial charge is 0.142 e. The summed E-state index contributed by atoms with van der Waals surface area (Å²) in [6.45, 7) is 4.31. The van der Waals surface area contributed by atoms with Crippen LogP contribution in [0.2, 0.25) is 0 Å². The fourth-order valence-electron chi connectivity index (χ4n) is 2.01. The van der Waals surface area contributed by atoms with Gasteiger partial charge in [-0.1, -0.05) is 26.0 Å². The quantitative estimate of drug-likeness (QED) is 0.851. The molecule has 1 atom stereocenters. The van der Waals surface area contributed by atoms with E-state index in [-0.39, 0.29) is 6.04 Å². The maximum atomic E-state index is 6.12.